The van der Waals surface area contributed by atoms with Gasteiger partial charge in [-0.2, -0.15) is 0 Å². The van der Waals surface area contributed by atoms with Crippen LogP contribution in [0, 0.1) is 0 Å². The first-order valence-electron chi connectivity index (χ1n) is 11.4. The van der Waals surface area contributed by atoms with Gasteiger partial charge in [-0.3, -0.25) is 0 Å². The third-order valence-corrected chi connectivity index (χ3v) is 4.96. The Morgan fingerprint density at radius 2 is 0.647 bits per heavy atom. The lowest BCUT2D eigenvalue weighted by atomic mass is 10.2. The molecule has 0 radical (unpaired) electrons. The summed E-state index contributed by atoms with van der Waals surface area (Å²) >= 11 is 0. The minimum Gasteiger partial charge on any atom is -0.368 e. The molecule has 34 heavy (non-hydrogen) atoms. The summed E-state index contributed by atoms with van der Waals surface area (Å²) in [7, 11) is 10.6. The maximum absolute atomic E-state index is 4.79. The smallest absolute Gasteiger partial charge is 0.119 e. The quantitative estimate of drug-likeness (QED) is 0.208. The van der Waals surface area contributed by atoms with Gasteiger partial charge in [0.1, 0.15) is 22.3 Å². The maximum Gasteiger partial charge on any atom is 0.119 e. The molecule has 0 spiro atoms. The molecule has 1 aromatic carbocycles. The highest BCUT2D eigenvalue weighted by Gasteiger charge is 2.12. The highest BCUT2D eigenvalue weighted by molar-refractivity contribution is 7.41. The van der Waals surface area contributed by atoms with E-state index in [2.05, 4.69) is 114 Å². The third-order valence-electron chi connectivity index (χ3n) is 3.78. The molecule has 0 aliphatic carbocycles. The molecule has 0 aliphatic rings. The van der Waals surface area contributed by atoms with Crippen molar-refractivity contribution < 1.29 is 0 Å². The van der Waals surface area contributed by atoms with E-state index in [1.54, 1.807) is 0 Å². The van der Waals surface area contributed by atoms with E-state index >= 15 is 0 Å². The summed E-state index contributed by atoms with van der Waals surface area (Å²) in [6, 6.07) is 4.83. The summed E-state index contributed by atoms with van der Waals surface area (Å²) in [5.41, 5.74) is 5.63. The molecule has 0 aromatic heterocycles. The van der Waals surface area contributed by atoms with Gasteiger partial charge in [0.2, 0.25) is 0 Å². The molecule has 4 unspecified atom stereocenters. The molecule has 0 saturated carbocycles. The fourth-order valence-electron chi connectivity index (χ4n) is 2.74. The van der Waals surface area contributed by atoms with Crippen molar-refractivity contribution in [1.82, 2.24) is 21.3 Å². The Morgan fingerprint density at radius 1 is 0.471 bits per heavy atom. The first-order valence-corrected chi connectivity index (χ1v) is 13.7. The lowest BCUT2D eigenvalue weighted by molar-refractivity contribution is 0.739. The lowest BCUT2D eigenvalue weighted by Crippen LogP contribution is -2.26. The summed E-state index contributed by atoms with van der Waals surface area (Å²) < 4.78 is 0. The van der Waals surface area contributed by atoms with E-state index < -0.39 is 0 Å². The summed E-state index contributed by atoms with van der Waals surface area (Å²) in [4.78, 5) is 19.1. The van der Waals surface area contributed by atoms with E-state index in [1.807, 2.05) is 12.1 Å². The first-order chi connectivity index (χ1) is 15.8. The van der Waals surface area contributed by atoms with Gasteiger partial charge in [0.05, 0.1) is 22.7 Å². The van der Waals surface area contributed by atoms with Gasteiger partial charge in [-0.1, -0.05) is 37.0 Å². The topological polar surface area (TPSA) is 97.6 Å². The standard InChI is InChI=1S/C22H42N8P4/c1-11(2)23-19(31)27-15-9-17(29-21(33)25-13(5)6)18(30-22(34)26-14(7)8)10-16(15)28-20(32)24-12(3)4/h9-14H,31-34H2,1-8H3,(H,23,27)(H,24,28)(H,25,29)(H,26,30). The Labute approximate surface area is 214 Å². The number of nitrogens with zero attached hydrogens (tertiary/aromatic N) is 4. The minimum atomic E-state index is 0.250. The molecule has 0 amide bonds. The Balaban J connectivity index is 3.79. The van der Waals surface area contributed by atoms with Crippen LogP contribution in [0.15, 0.2) is 32.1 Å². The number of rotatable bonds is 8. The second kappa shape index (κ2) is 15.0. The SMILES string of the molecule is CC(C)N/C(P)=N/c1cc(/N=C(\P)NC(C)C)c(/N=C(/P)NC(C)C)cc1/N=C(\P)NC(C)C. The molecular weight excluding hydrogens is 500 g/mol. The first kappa shape index (κ1) is 30.9. The number of aliphatic imine (C=N–C) groups is 4. The fraction of sp³-hybridized carbons (Fsp3) is 0.545. The van der Waals surface area contributed by atoms with Crippen molar-refractivity contribution in [3.63, 3.8) is 0 Å². The summed E-state index contributed by atoms with van der Waals surface area (Å²) in [5, 5.41) is 13.2. The van der Waals surface area contributed by atoms with Crippen LogP contribution in [-0.2, 0) is 0 Å². The second-order valence-corrected chi connectivity index (χ2v) is 11.2. The number of amidine groups is 4. The van der Waals surface area contributed by atoms with Gasteiger partial charge in [0.25, 0.3) is 0 Å². The molecule has 190 valence electrons. The third kappa shape index (κ3) is 12.5. The predicted octanol–water partition coefficient (Wildman–Crippen LogP) is 5.13. The van der Waals surface area contributed by atoms with Crippen LogP contribution in [0.1, 0.15) is 55.4 Å². The highest BCUT2D eigenvalue weighted by atomic mass is 31.0. The van der Waals surface area contributed by atoms with Crippen molar-refractivity contribution in [3.8, 4) is 0 Å². The molecule has 4 atom stereocenters. The summed E-state index contributed by atoms with van der Waals surface area (Å²) in [5.74, 6) is 0. The molecule has 12 heteroatoms. The van der Waals surface area contributed by atoms with E-state index in [0.29, 0.717) is 22.7 Å². The van der Waals surface area contributed by atoms with Gasteiger partial charge in [-0.25, -0.2) is 20.0 Å². The van der Waals surface area contributed by atoms with Crippen molar-refractivity contribution in [2.24, 2.45) is 20.0 Å². The molecule has 0 fully saturated rings. The Hall–Kier alpha value is -1.18. The number of hydrogen-bond donors (Lipinski definition) is 4. The molecule has 0 aliphatic heterocycles. The minimum absolute atomic E-state index is 0.250. The Morgan fingerprint density at radius 3 is 0.794 bits per heavy atom. The number of hydrogen-bond acceptors (Lipinski definition) is 4. The van der Waals surface area contributed by atoms with Gasteiger partial charge >= 0.3 is 0 Å². The van der Waals surface area contributed by atoms with Gasteiger partial charge in [-0.15, -0.1) is 0 Å². The normalized spacial score (nSPS) is 13.9. The average molecular weight is 543 g/mol. The van der Waals surface area contributed by atoms with Gasteiger partial charge in [0.15, 0.2) is 0 Å². The van der Waals surface area contributed by atoms with Crippen LogP contribution in [0.25, 0.3) is 0 Å². The zero-order valence-electron chi connectivity index (χ0n) is 21.6. The average Bonchev–Trinajstić information content (AvgIpc) is 2.62. The molecule has 4 N–H and O–H groups in total. The van der Waals surface area contributed by atoms with Crippen LogP contribution in [0.4, 0.5) is 22.7 Å². The largest absolute Gasteiger partial charge is 0.368 e. The van der Waals surface area contributed by atoms with Crippen molar-refractivity contribution in [3.05, 3.63) is 12.1 Å². The van der Waals surface area contributed by atoms with Crippen LogP contribution in [0.5, 0.6) is 0 Å². The molecule has 1 rings (SSSR count). The monoisotopic (exact) mass is 542 g/mol. The van der Waals surface area contributed by atoms with Crippen LogP contribution >= 0.6 is 37.0 Å². The Kier molecular flexibility index (Phi) is 13.7. The lowest BCUT2D eigenvalue weighted by Gasteiger charge is -2.15. The van der Waals surface area contributed by atoms with Crippen LogP contribution < -0.4 is 21.3 Å². The van der Waals surface area contributed by atoms with Crippen molar-refractivity contribution in [1.29, 1.82) is 0 Å². The number of benzene rings is 1. The summed E-state index contributed by atoms with van der Waals surface area (Å²) in [6.45, 7) is 16.6. The molecule has 0 bridgehead atoms. The van der Waals surface area contributed by atoms with Crippen LogP contribution in [-0.4, -0.2) is 46.5 Å². The van der Waals surface area contributed by atoms with E-state index in [9.17, 15) is 0 Å². The molecule has 0 saturated heterocycles. The van der Waals surface area contributed by atoms with Crippen molar-refractivity contribution in [2.75, 3.05) is 0 Å². The van der Waals surface area contributed by atoms with Gasteiger partial charge in [0, 0.05) is 24.2 Å². The highest BCUT2D eigenvalue weighted by Crippen LogP contribution is 2.41. The van der Waals surface area contributed by atoms with Crippen molar-refractivity contribution in [2.45, 2.75) is 79.6 Å². The van der Waals surface area contributed by atoms with Crippen molar-refractivity contribution >= 4 is 82.0 Å². The number of nitrogens with one attached hydrogen (secondary N) is 4. The molecule has 1 aromatic rings. The van der Waals surface area contributed by atoms with Gasteiger partial charge < -0.3 is 21.3 Å². The molecular formula is C22H42N8P4. The maximum atomic E-state index is 4.79. The van der Waals surface area contributed by atoms with E-state index in [0.717, 1.165) is 22.3 Å². The van der Waals surface area contributed by atoms with E-state index in [1.165, 1.54) is 0 Å². The zero-order chi connectivity index (χ0) is 26.0. The second-order valence-electron chi connectivity index (χ2n) is 9.01. The summed E-state index contributed by atoms with van der Waals surface area (Å²) in [6.07, 6.45) is 0. The van der Waals surface area contributed by atoms with Crippen LogP contribution in [0.3, 0.4) is 0 Å². The van der Waals surface area contributed by atoms with Crippen LogP contribution in [0.2, 0.25) is 0 Å². The predicted molar refractivity (Wildman–Crippen MR) is 167 cm³/mol. The van der Waals surface area contributed by atoms with E-state index in [4.69, 9.17) is 20.0 Å². The zero-order valence-corrected chi connectivity index (χ0v) is 26.2. The van der Waals surface area contributed by atoms with E-state index in [-0.39, 0.29) is 24.2 Å². The molecule has 0 heterocycles. The fourth-order valence-corrected chi connectivity index (χ4v) is 4.63. The molecule has 8 nitrogen and oxygen atoms in total. The van der Waals surface area contributed by atoms with Gasteiger partial charge in [-0.05, 0) is 67.5 Å². The Bertz CT molecular complexity index is 791.